The van der Waals surface area contributed by atoms with Gasteiger partial charge in [-0.1, -0.05) is 27.2 Å². The molecule has 0 saturated carbocycles. The van der Waals surface area contributed by atoms with Gasteiger partial charge in [-0.3, -0.25) is 4.79 Å². The van der Waals surface area contributed by atoms with E-state index in [0.717, 1.165) is 48.4 Å². The molecule has 1 amide bonds. The number of piperidine rings is 1. The molecule has 1 aliphatic heterocycles. The van der Waals surface area contributed by atoms with Crippen LogP contribution in [0.5, 0.6) is 0 Å². The highest BCUT2D eigenvalue weighted by molar-refractivity contribution is 6.06. The molecule has 6 nitrogen and oxygen atoms in total. The van der Waals surface area contributed by atoms with Crippen molar-refractivity contribution in [3.05, 3.63) is 23.0 Å². The van der Waals surface area contributed by atoms with Gasteiger partial charge in [0.15, 0.2) is 5.65 Å². The van der Waals surface area contributed by atoms with Gasteiger partial charge in [0.25, 0.3) is 5.91 Å². The fourth-order valence-corrected chi connectivity index (χ4v) is 4.20. The van der Waals surface area contributed by atoms with Crippen LogP contribution in [0.1, 0.15) is 94.9 Å². The maximum atomic E-state index is 13.4. The Morgan fingerprint density at radius 1 is 1.27 bits per heavy atom. The zero-order valence-corrected chi connectivity index (χ0v) is 19.9. The Kier molecular flexibility index (Phi) is 6.85. The van der Waals surface area contributed by atoms with E-state index >= 15 is 0 Å². The molecule has 6 heteroatoms. The molecular formula is C24H39N5O. The number of amides is 1. The van der Waals surface area contributed by atoms with Crippen LogP contribution in [-0.2, 0) is 5.54 Å². The fraction of sp³-hybridized carbons (Fsp3) is 0.708. The van der Waals surface area contributed by atoms with Gasteiger partial charge in [-0.15, -0.1) is 0 Å². The quantitative estimate of drug-likeness (QED) is 0.751. The van der Waals surface area contributed by atoms with E-state index in [9.17, 15) is 4.79 Å². The molecule has 30 heavy (non-hydrogen) atoms. The number of aryl methyl sites for hydroxylation is 1. The van der Waals surface area contributed by atoms with Crippen LogP contribution in [-0.4, -0.2) is 51.2 Å². The Hall–Kier alpha value is -1.95. The van der Waals surface area contributed by atoms with Crippen LogP contribution in [0.3, 0.4) is 0 Å². The number of nitrogens with one attached hydrogen (secondary N) is 1. The van der Waals surface area contributed by atoms with Crippen molar-refractivity contribution in [3.8, 4) is 0 Å². The highest BCUT2D eigenvalue weighted by atomic mass is 16.1. The Morgan fingerprint density at radius 3 is 2.50 bits per heavy atom. The Balaban J connectivity index is 1.88. The summed E-state index contributed by atoms with van der Waals surface area (Å²) in [5, 5.41) is 8.95. The number of likely N-dealkylation sites (tertiary alicyclic amines) is 1. The van der Waals surface area contributed by atoms with E-state index in [4.69, 9.17) is 10.1 Å². The lowest BCUT2D eigenvalue weighted by molar-refractivity contribution is 0.0912. The molecule has 0 aliphatic carbocycles. The number of fused-ring (bicyclic) bond motifs is 1. The predicted molar refractivity (Wildman–Crippen MR) is 123 cm³/mol. The molecule has 1 aliphatic rings. The lowest BCUT2D eigenvalue weighted by atomic mass is 10.0. The summed E-state index contributed by atoms with van der Waals surface area (Å²) in [7, 11) is 0. The summed E-state index contributed by atoms with van der Waals surface area (Å²) in [6.07, 6.45) is 4.51. The van der Waals surface area contributed by atoms with E-state index in [-0.39, 0.29) is 23.4 Å². The van der Waals surface area contributed by atoms with Crippen LogP contribution in [0.4, 0.5) is 0 Å². The van der Waals surface area contributed by atoms with E-state index in [1.807, 2.05) is 17.7 Å². The van der Waals surface area contributed by atoms with E-state index in [1.165, 1.54) is 19.4 Å². The van der Waals surface area contributed by atoms with Crippen molar-refractivity contribution >= 4 is 16.9 Å². The average molecular weight is 414 g/mol. The topological polar surface area (TPSA) is 63.1 Å². The summed E-state index contributed by atoms with van der Waals surface area (Å²) < 4.78 is 1.96. The molecule has 1 fully saturated rings. The number of carbonyl (C=O) groups is 1. The normalized spacial score (nSPS) is 16.5. The van der Waals surface area contributed by atoms with Crippen LogP contribution in [0.15, 0.2) is 6.07 Å². The summed E-state index contributed by atoms with van der Waals surface area (Å²) in [5.74, 6) is 0.249. The minimum Gasteiger partial charge on any atom is -0.349 e. The number of aromatic nitrogens is 3. The zero-order chi connectivity index (χ0) is 22.1. The molecule has 2 aromatic heterocycles. The summed E-state index contributed by atoms with van der Waals surface area (Å²) in [5.41, 5.74) is 3.12. The third kappa shape index (κ3) is 4.85. The molecule has 1 saturated heterocycles. The van der Waals surface area contributed by atoms with Gasteiger partial charge >= 0.3 is 0 Å². The first-order chi connectivity index (χ1) is 14.1. The minimum absolute atomic E-state index is 0.00728. The second-order valence-corrected chi connectivity index (χ2v) is 10.1. The molecular weight excluding hydrogens is 374 g/mol. The number of carbonyl (C=O) groups excluding carboxylic acids is 1. The lowest BCUT2D eigenvalue weighted by Gasteiger charge is -2.32. The third-order valence-electron chi connectivity index (χ3n) is 6.05. The first kappa shape index (κ1) is 22.7. The molecule has 2 aromatic rings. The van der Waals surface area contributed by atoms with Crippen molar-refractivity contribution in [2.45, 2.75) is 91.6 Å². The van der Waals surface area contributed by atoms with Crippen LogP contribution in [0, 0.1) is 6.92 Å². The van der Waals surface area contributed by atoms with Gasteiger partial charge in [-0.25, -0.2) is 9.67 Å². The van der Waals surface area contributed by atoms with Gasteiger partial charge in [-0.2, -0.15) is 5.10 Å². The van der Waals surface area contributed by atoms with E-state index in [0.29, 0.717) is 5.56 Å². The highest BCUT2D eigenvalue weighted by Crippen LogP contribution is 2.29. The molecule has 0 radical (unpaired) electrons. The molecule has 0 spiro atoms. The molecule has 0 bridgehead atoms. The zero-order valence-electron chi connectivity index (χ0n) is 19.9. The van der Waals surface area contributed by atoms with Gasteiger partial charge < -0.3 is 10.2 Å². The number of hydrogen-bond acceptors (Lipinski definition) is 4. The van der Waals surface area contributed by atoms with E-state index in [1.54, 1.807) is 0 Å². The second-order valence-electron chi connectivity index (χ2n) is 10.1. The first-order valence-electron chi connectivity index (χ1n) is 11.6. The van der Waals surface area contributed by atoms with Crippen LogP contribution in [0.25, 0.3) is 11.0 Å². The summed E-state index contributed by atoms with van der Waals surface area (Å²) in [6, 6.07) is 2.21. The second kappa shape index (κ2) is 9.04. The van der Waals surface area contributed by atoms with Gasteiger partial charge in [0.05, 0.1) is 22.2 Å². The van der Waals surface area contributed by atoms with Crippen molar-refractivity contribution in [1.82, 2.24) is 25.0 Å². The summed E-state index contributed by atoms with van der Waals surface area (Å²) >= 11 is 0. The van der Waals surface area contributed by atoms with Crippen LogP contribution < -0.4 is 5.32 Å². The number of hydrogen-bond donors (Lipinski definition) is 1. The van der Waals surface area contributed by atoms with Crippen molar-refractivity contribution in [2.24, 2.45) is 0 Å². The van der Waals surface area contributed by atoms with Crippen LogP contribution in [0.2, 0.25) is 0 Å². The van der Waals surface area contributed by atoms with E-state index < -0.39 is 0 Å². The summed E-state index contributed by atoms with van der Waals surface area (Å²) in [6.45, 7) is 18.1. The van der Waals surface area contributed by atoms with Gasteiger partial charge in [0.1, 0.15) is 0 Å². The van der Waals surface area contributed by atoms with Crippen molar-refractivity contribution in [3.63, 3.8) is 0 Å². The number of pyridine rings is 1. The molecule has 1 N–H and O–H groups in total. The lowest BCUT2D eigenvalue weighted by Crippen LogP contribution is -2.44. The molecule has 3 rings (SSSR count). The van der Waals surface area contributed by atoms with Gasteiger partial charge in [0, 0.05) is 24.8 Å². The minimum atomic E-state index is -0.200. The standard InChI is InChI=1S/C24H39N5O/c1-8-9-12-28-13-10-18(11-14-28)25-23(30)19-15-20(16(2)3)26-22-21(19)17(4)27-29(22)24(5,6)7/h15-16,18H,8-14H2,1-7H3,(H,25,30). The molecule has 3 heterocycles. The SMILES string of the molecule is CCCCN1CCC(NC(=O)c2cc(C(C)C)nc3c2c(C)nn3C(C)(C)C)CC1. The van der Waals surface area contributed by atoms with Crippen molar-refractivity contribution in [1.29, 1.82) is 0 Å². The summed E-state index contributed by atoms with van der Waals surface area (Å²) in [4.78, 5) is 20.8. The molecule has 0 unspecified atom stereocenters. The maximum absolute atomic E-state index is 13.4. The predicted octanol–water partition coefficient (Wildman–Crippen LogP) is 4.61. The Bertz CT molecular complexity index is 885. The first-order valence-corrected chi connectivity index (χ1v) is 11.6. The smallest absolute Gasteiger partial charge is 0.252 e. The van der Waals surface area contributed by atoms with Crippen molar-refractivity contribution < 1.29 is 4.79 Å². The average Bonchev–Trinajstić information content (AvgIpc) is 3.04. The maximum Gasteiger partial charge on any atom is 0.252 e. The largest absolute Gasteiger partial charge is 0.349 e. The Morgan fingerprint density at radius 2 is 1.93 bits per heavy atom. The van der Waals surface area contributed by atoms with Crippen molar-refractivity contribution in [2.75, 3.05) is 19.6 Å². The molecule has 0 aromatic carbocycles. The van der Waals surface area contributed by atoms with Crippen LogP contribution >= 0.6 is 0 Å². The van der Waals surface area contributed by atoms with Gasteiger partial charge in [0.2, 0.25) is 0 Å². The van der Waals surface area contributed by atoms with Gasteiger partial charge in [-0.05, 0) is 65.5 Å². The van der Waals surface area contributed by atoms with E-state index in [2.05, 4.69) is 51.8 Å². The molecule has 0 atom stereocenters. The number of unbranched alkanes of at least 4 members (excludes halogenated alkanes) is 1. The highest BCUT2D eigenvalue weighted by Gasteiger charge is 2.27. The monoisotopic (exact) mass is 413 g/mol. The number of nitrogens with zero attached hydrogens (tertiary/aromatic N) is 4. The third-order valence-corrected chi connectivity index (χ3v) is 6.05. The Labute approximate surface area is 181 Å². The number of rotatable bonds is 6. The molecule has 166 valence electrons. The fourth-order valence-electron chi connectivity index (χ4n) is 4.20.